The van der Waals surface area contributed by atoms with Crippen molar-refractivity contribution in [2.24, 2.45) is 0 Å². The van der Waals surface area contributed by atoms with E-state index in [2.05, 4.69) is 4.98 Å². The molecule has 0 radical (unpaired) electrons. The third-order valence-electron chi connectivity index (χ3n) is 2.48. The molecule has 0 aliphatic heterocycles. The molecule has 17 heavy (non-hydrogen) atoms. The van der Waals surface area contributed by atoms with E-state index in [1.807, 2.05) is 17.5 Å². The van der Waals surface area contributed by atoms with Crippen LogP contribution in [0.25, 0.3) is 0 Å². The summed E-state index contributed by atoms with van der Waals surface area (Å²) in [7, 11) is 1.55. The number of hydrogen-bond donors (Lipinski definition) is 0. The number of nitrogens with zero attached hydrogens (tertiary/aromatic N) is 1. The molecular formula is C13H13NO2S. The molecule has 0 unspecified atom stereocenters. The molecule has 0 saturated carbocycles. The molecule has 0 fully saturated rings. The van der Waals surface area contributed by atoms with Gasteiger partial charge in [0.25, 0.3) is 0 Å². The summed E-state index contributed by atoms with van der Waals surface area (Å²) in [6.07, 6.45) is 4.46. The van der Waals surface area contributed by atoms with E-state index in [1.165, 1.54) is 4.88 Å². The van der Waals surface area contributed by atoms with E-state index in [4.69, 9.17) is 4.74 Å². The molecular weight excluding hydrogens is 234 g/mol. The van der Waals surface area contributed by atoms with Crippen LogP contribution in [0.1, 0.15) is 21.7 Å². The minimum Gasteiger partial charge on any atom is -0.494 e. The van der Waals surface area contributed by atoms with Gasteiger partial charge in [0.2, 0.25) is 0 Å². The molecule has 88 valence electrons. The average molecular weight is 247 g/mol. The van der Waals surface area contributed by atoms with Gasteiger partial charge in [0.1, 0.15) is 5.75 Å². The van der Waals surface area contributed by atoms with Crippen LogP contribution in [-0.4, -0.2) is 17.9 Å². The van der Waals surface area contributed by atoms with Gasteiger partial charge in [0.15, 0.2) is 5.78 Å². The summed E-state index contributed by atoms with van der Waals surface area (Å²) < 4.78 is 5.12. The lowest BCUT2D eigenvalue weighted by atomic mass is 10.1. The highest BCUT2D eigenvalue weighted by molar-refractivity contribution is 7.09. The van der Waals surface area contributed by atoms with Crippen molar-refractivity contribution in [2.45, 2.75) is 12.8 Å². The van der Waals surface area contributed by atoms with Gasteiger partial charge in [0, 0.05) is 17.5 Å². The molecule has 0 aromatic carbocycles. The maximum atomic E-state index is 12.0. The molecule has 0 N–H and O–H groups in total. The van der Waals surface area contributed by atoms with E-state index in [1.54, 1.807) is 36.9 Å². The Labute approximate surface area is 104 Å². The number of rotatable bonds is 5. The second-order valence-corrected chi connectivity index (χ2v) is 4.61. The van der Waals surface area contributed by atoms with E-state index >= 15 is 0 Å². The van der Waals surface area contributed by atoms with Crippen molar-refractivity contribution in [1.29, 1.82) is 0 Å². The fourth-order valence-corrected chi connectivity index (χ4v) is 2.31. The lowest BCUT2D eigenvalue weighted by Gasteiger charge is -2.05. The highest BCUT2D eigenvalue weighted by atomic mass is 32.1. The van der Waals surface area contributed by atoms with Gasteiger partial charge in [-0.25, -0.2) is 0 Å². The topological polar surface area (TPSA) is 39.2 Å². The van der Waals surface area contributed by atoms with Crippen LogP contribution in [0.5, 0.6) is 5.75 Å². The number of aryl methyl sites for hydroxylation is 1. The zero-order valence-corrected chi connectivity index (χ0v) is 10.4. The average Bonchev–Trinajstić information content (AvgIpc) is 2.89. The largest absolute Gasteiger partial charge is 0.494 e. The number of Topliss-reactive ketones (excluding diaryl/α,β-unsaturated/α-hetero) is 1. The molecule has 2 heterocycles. The molecule has 2 aromatic rings. The Bertz CT molecular complexity index is 494. The Morgan fingerprint density at radius 1 is 1.47 bits per heavy atom. The van der Waals surface area contributed by atoms with Crippen LogP contribution in [0, 0.1) is 0 Å². The second-order valence-electron chi connectivity index (χ2n) is 3.58. The fourth-order valence-electron chi connectivity index (χ4n) is 1.60. The number of carbonyl (C=O) groups excluding carboxylic acids is 1. The molecule has 0 atom stereocenters. The summed E-state index contributed by atoms with van der Waals surface area (Å²) in [5, 5.41) is 2.02. The number of aromatic nitrogens is 1. The van der Waals surface area contributed by atoms with Gasteiger partial charge in [0.05, 0.1) is 18.9 Å². The SMILES string of the molecule is COc1cnccc1C(=O)CCc1cccs1. The maximum Gasteiger partial charge on any atom is 0.167 e. The number of methoxy groups -OCH3 is 1. The number of hydrogen-bond acceptors (Lipinski definition) is 4. The van der Waals surface area contributed by atoms with Gasteiger partial charge in [-0.1, -0.05) is 6.07 Å². The van der Waals surface area contributed by atoms with Crippen LogP contribution in [0.3, 0.4) is 0 Å². The van der Waals surface area contributed by atoms with E-state index in [9.17, 15) is 4.79 Å². The van der Waals surface area contributed by atoms with Crippen LogP contribution in [0.4, 0.5) is 0 Å². The van der Waals surface area contributed by atoms with Crippen LogP contribution >= 0.6 is 11.3 Å². The van der Waals surface area contributed by atoms with E-state index in [-0.39, 0.29) is 5.78 Å². The minimum absolute atomic E-state index is 0.0950. The van der Waals surface area contributed by atoms with Crippen molar-refractivity contribution in [3.8, 4) is 5.75 Å². The summed E-state index contributed by atoms with van der Waals surface area (Å²) >= 11 is 1.67. The number of pyridine rings is 1. The van der Waals surface area contributed by atoms with Crippen molar-refractivity contribution in [1.82, 2.24) is 4.98 Å². The Balaban J connectivity index is 2.04. The molecule has 2 aromatic heterocycles. The Hall–Kier alpha value is -1.68. The van der Waals surface area contributed by atoms with Gasteiger partial charge < -0.3 is 4.74 Å². The molecule has 2 rings (SSSR count). The smallest absolute Gasteiger partial charge is 0.167 e. The number of ketones is 1. The minimum atomic E-state index is 0.0950. The van der Waals surface area contributed by atoms with Gasteiger partial charge in [-0.15, -0.1) is 11.3 Å². The van der Waals surface area contributed by atoms with E-state index in [0.29, 0.717) is 17.7 Å². The first-order valence-electron chi connectivity index (χ1n) is 5.35. The molecule has 0 bridgehead atoms. The maximum absolute atomic E-state index is 12.0. The highest BCUT2D eigenvalue weighted by Gasteiger charge is 2.11. The fraction of sp³-hybridized carbons (Fsp3) is 0.231. The van der Waals surface area contributed by atoms with Crippen molar-refractivity contribution in [3.05, 3.63) is 46.4 Å². The number of carbonyl (C=O) groups is 1. The lowest BCUT2D eigenvalue weighted by molar-refractivity contribution is 0.0980. The summed E-state index contributed by atoms with van der Waals surface area (Å²) in [6.45, 7) is 0. The van der Waals surface area contributed by atoms with E-state index < -0.39 is 0 Å². The van der Waals surface area contributed by atoms with Crippen molar-refractivity contribution in [2.75, 3.05) is 7.11 Å². The van der Waals surface area contributed by atoms with Crippen molar-refractivity contribution in [3.63, 3.8) is 0 Å². The van der Waals surface area contributed by atoms with Gasteiger partial charge >= 0.3 is 0 Å². The Kier molecular flexibility index (Phi) is 3.88. The van der Waals surface area contributed by atoms with Gasteiger partial charge in [-0.05, 0) is 23.9 Å². The number of thiophene rings is 1. The molecule has 0 aliphatic carbocycles. The molecule has 0 amide bonds. The first kappa shape index (κ1) is 11.8. The van der Waals surface area contributed by atoms with Gasteiger partial charge in [-0.3, -0.25) is 9.78 Å². The molecule has 0 saturated heterocycles. The normalized spacial score (nSPS) is 10.2. The zero-order valence-electron chi connectivity index (χ0n) is 9.55. The molecule has 0 aliphatic rings. The summed E-state index contributed by atoms with van der Waals surface area (Å²) in [5.74, 6) is 0.640. The third-order valence-corrected chi connectivity index (χ3v) is 3.42. The predicted octanol–water partition coefficient (Wildman–Crippen LogP) is 2.97. The standard InChI is InChI=1S/C13H13NO2S/c1-16-13-9-14-7-6-11(13)12(15)5-4-10-3-2-8-17-10/h2-3,6-9H,4-5H2,1H3. The monoisotopic (exact) mass is 247 g/mol. The quantitative estimate of drug-likeness (QED) is 0.762. The van der Waals surface area contributed by atoms with Crippen LogP contribution in [0.2, 0.25) is 0 Å². The molecule has 0 spiro atoms. The third kappa shape index (κ3) is 2.91. The van der Waals surface area contributed by atoms with Crippen LogP contribution in [0.15, 0.2) is 36.0 Å². The Morgan fingerprint density at radius 3 is 3.06 bits per heavy atom. The van der Waals surface area contributed by atoms with Crippen LogP contribution < -0.4 is 4.74 Å². The van der Waals surface area contributed by atoms with Crippen molar-refractivity contribution < 1.29 is 9.53 Å². The van der Waals surface area contributed by atoms with Gasteiger partial charge in [-0.2, -0.15) is 0 Å². The summed E-state index contributed by atoms with van der Waals surface area (Å²) in [4.78, 5) is 17.2. The lowest BCUT2D eigenvalue weighted by Crippen LogP contribution is -2.03. The van der Waals surface area contributed by atoms with Crippen molar-refractivity contribution >= 4 is 17.1 Å². The summed E-state index contributed by atoms with van der Waals surface area (Å²) in [5.41, 5.74) is 0.610. The molecule has 4 heteroatoms. The first-order chi connectivity index (χ1) is 8.31. The predicted molar refractivity (Wildman–Crippen MR) is 67.8 cm³/mol. The highest BCUT2D eigenvalue weighted by Crippen LogP contribution is 2.19. The van der Waals surface area contributed by atoms with Crippen LogP contribution in [-0.2, 0) is 6.42 Å². The molecule has 3 nitrogen and oxygen atoms in total. The van der Waals surface area contributed by atoms with E-state index in [0.717, 1.165) is 6.42 Å². The first-order valence-corrected chi connectivity index (χ1v) is 6.23. The Morgan fingerprint density at radius 2 is 2.35 bits per heavy atom. The zero-order chi connectivity index (χ0) is 12.1. The second kappa shape index (κ2) is 5.59. The summed E-state index contributed by atoms with van der Waals surface area (Å²) in [6, 6.07) is 5.74. The number of ether oxygens (including phenoxy) is 1.